The molecule has 130 valence electrons. The number of aliphatic carboxylic acids is 1. The number of carbonyl (C=O) groups excluding carboxylic acids is 1. The number of rotatable bonds is 5. The molecule has 0 aliphatic rings. The Labute approximate surface area is 131 Å². The van der Waals surface area contributed by atoms with E-state index >= 15 is 0 Å². The lowest BCUT2D eigenvalue weighted by Gasteiger charge is -2.24. The van der Waals surface area contributed by atoms with E-state index in [2.05, 4.69) is 10.4 Å². The van der Waals surface area contributed by atoms with E-state index in [9.17, 15) is 22.8 Å². The first-order valence-electron chi connectivity index (χ1n) is 7.02. The molecule has 0 saturated heterocycles. The number of nitrogens with one attached hydrogen (secondary N) is 1. The molecule has 0 spiro atoms. The van der Waals surface area contributed by atoms with Crippen LogP contribution in [0.3, 0.4) is 0 Å². The summed E-state index contributed by atoms with van der Waals surface area (Å²) >= 11 is 0. The minimum absolute atomic E-state index is 0.121. The molecule has 6 nitrogen and oxygen atoms in total. The zero-order valence-electron chi connectivity index (χ0n) is 13.4. The second kappa shape index (κ2) is 6.59. The summed E-state index contributed by atoms with van der Waals surface area (Å²) in [5, 5.41) is 14.7. The first-order chi connectivity index (χ1) is 10.3. The summed E-state index contributed by atoms with van der Waals surface area (Å²) < 4.78 is 40.7. The normalized spacial score (nSPS) is 13.7. The number of nitrogens with zero attached hydrogens (tertiary/aromatic N) is 2. The molecule has 1 rings (SSSR count). The second-order valence-corrected chi connectivity index (χ2v) is 6.29. The van der Waals surface area contributed by atoms with Crippen LogP contribution < -0.4 is 5.32 Å². The first-order valence-corrected chi connectivity index (χ1v) is 7.02. The minimum atomic E-state index is -4.74. The quantitative estimate of drug-likeness (QED) is 0.866. The van der Waals surface area contributed by atoms with Gasteiger partial charge in [0.25, 0.3) is 5.91 Å². The van der Waals surface area contributed by atoms with E-state index in [0.717, 1.165) is 10.9 Å². The van der Waals surface area contributed by atoms with E-state index in [1.165, 1.54) is 6.92 Å². The van der Waals surface area contributed by atoms with E-state index in [4.69, 9.17) is 5.11 Å². The van der Waals surface area contributed by atoms with Crippen LogP contribution >= 0.6 is 0 Å². The van der Waals surface area contributed by atoms with E-state index < -0.39 is 40.9 Å². The molecule has 1 amide bonds. The van der Waals surface area contributed by atoms with Crippen LogP contribution in [-0.4, -0.2) is 32.8 Å². The number of halogens is 3. The van der Waals surface area contributed by atoms with Gasteiger partial charge in [0, 0.05) is 12.5 Å². The zero-order valence-corrected chi connectivity index (χ0v) is 13.4. The Morgan fingerprint density at radius 2 is 1.91 bits per heavy atom. The highest BCUT2D eigenvalue weighted by Crippen LogP contribution is 2.34. The summed E-state index contributed by atoms with van der Waals surface area (Å²) in [6, 6.07) is -0.572. The molecule has 1 aromatic heterocycles. The number of carboxylic acid groups (broad SMARTS) is 1. The van der Waals surface area contributed by atoms with Crippen molar-refractivity contribution in [3.05, 3.63) is 17.5 Å². The van der Waals surface area contributed by atoms with Crippen molar-refractivity contribution in [2.24, 2.45) is 0 Å². The van der Waals surface area contributed by atoms with Gasteiger partial charge in [0.15, 0.2) is 5.69 Å². The lowest BCUT2D eigenvalue weighted by molar-refractivity contribution is -0.146. The second-order valence-electron chi connectivity index (χ2n) is 6.29. The van der Waals surface area contributed by atoms with Crippen molar-refractivity contribution in [3.63, 3.8) is 0 Å². The van der Waals surface area contributed by atoms with Gasteiger partial charge in [0.2, 0.25) is 0 Å². The molecule has 0 aliphatic carbocycles. The van der Waals surface area contributed by atoms with Crippen molar-refractivity contribution in [1.29, 1.82) is 0 Å². The van der Waals surface area contributed by atoms with Crippen LogP contribution in [0.2, 0.25) is 0 Å². The Hall–Kier alpha value is -2.06. The third-order valence-corrected chi connectivity index (χ3v) is 3.09. The molecule has 1 unspecified atom stereocenters. The van der Waals surface area contributed by atoms with Crippen LogP contribution in [0, 0.1) is 0 Å². The molecular formula is C14H20F3N3O3. The summed E-state index contributed by atoms with van der Waals surface area (Å²) in [6.45, 7) is 6.17. The van der Waals surface area contributed by atoms with Gasteiger partial charge in [-0.3, -0.25) is 14.3 Å². The number of carbonyl (C=O) groups is 2. The highest BCUT2D eigenvalue weighted by Gasteiger charge is 2.42. The Morgan fingerprint density at radius 1 is 1.35 bits per heavy atom. The molecule has 0 aromatic carbocycles. The van der Waals surface area contributed by atoms with Crippen LogP contribution in [-0.2, 0) is 16.5 Å². The van der Waals surface area contributed by atoms with Gasteiger partial charge in [-0.2, -0.15) is 18.3 Å². The number of alkyl halides is 3. The first kappa shape index (κ1) is 19.0. The molecule has 1 atom stereocenters. The van der Waals surface area contributed by atoms with Gasteiger partial charge in [-0.15, -0.1) is 0 Å². The van der Waals surface area contributed by atoms with Gasteiger partial charge in [0.1, 0.15) is 0 Å². The maximum atomic E-state index is 13.3. The molecule has 9 heteroatoms. The van der Waals surface area contributed by atoms with Gasteiger partial charge in [-0.05, 0) is 34.1 Å². The number of hydrogen-bond acceptors (Lipinski definition) is 3. The standard InChI is InChI=1S/C14H20F3N3O3/c1-8(5-6-10(21)22)19-12(23)9-7-18-20(13(2,3)4)11(9)14(15,16)17/h7-8H,5-6H2,1-4H3,(H,19,23)(H,21,22). The Kier molecular flexibility index (Phi) is 5.44. The summed E-state index contributed by atoms with van der Waals surface area (Å²) in [5.74, 6) is -1.96. The molecule has 0 radical (unpaired) electrons. The number of hydrogen-bond donors (Lipinski definition) is 2. The van der Waals surface area contributed by atoms with Crippen molar-refractivity contribution in [2.45, 2.75) is 58.3 Å². The highest BCUT2D eigenvalue weighted by molar-refractivity contribution is 5.95. The lowest BCUT2D eigenvalue weighted by atomic mass is 10.1. The van der Waals surface area contributed by atoms with Crippen LogP contribution in [0.4, 0.5) is 13.2 Å². The fourth-order valence-electron chi connectivity index (χ4n) is 2.01. The lowest BCUT2D eigenvalue weighted by Crippen LogP contribution is -2.35. The largest absolute Gasteiger partial charge is 0.481 e. The Bertz CT molecular complexity index is 588. The van der Waals surface area contributed by atoms with Crippen LogP contribution in [0.5, 0.6) is 0 Å². The highest BCUT2D eigenvalue weighted by atomic mass is 19.4. The van der Waals surface area contributed by atoms with Crippen LogP contribution in [0.25, 0.3) is 0 Å². The van der Waals surface area contributed by atoms with Crippen molar-refractivity contribution in [3.8, 4) is 0 Å². The third-order valence-electron chi connectivity index (χ3n) is 3.09. The Morgan fingerprint density at radius 3 is 2.35 bits per heavy atom. The van der Waals surface area contributed by atoms with Crippen LogP contribution in [0.15, 0.2) is 6.20 Å². The van der Waals surface area contributed by atoms with Gasteiger partial charge in [-0.1, -0.05) is 0 Å². The summed E-state index contributed by atoms with van der Waals surface area (Å²) in [5.41, 5.74) is -2.64. The predicted molar refractivity (Wildman–Crippen MR) is 76.0 cm³/mol. The molecule has 1 aromatic rings. The van der Waals surface area contributed by atoms with Crippen molar-refractivity contribution >= 4 is 11.9 Å². The minimum Gasteiger partial charge on any atom is -0.481 e. The Balaban J connectivity index is 3.06. The van der Waals surface area contributed by atoms with Gasteiger partial charge in [-0.25, -0.2) is 0 Å². The van der Waals surface area contributed by atoms with Crippen molar-refractivity contribution in [1.82, 2.24) is 15.1 Å². The fourth-order valence-corrected chi connectivity index (χ4v) is 2.01. The monoisotopic (exact) mass is 335 g/mol. The van der Waals surface area contributed by atoms with Gasteiger partial charge in [0.05, 0.1) is 17.3 Å². The van der Waals surface area contributed by atoms with E-state index in [0.29, 0.717) is 0 Å². The SMILES string of the molecule is CC(CCC(=O)O)NC(=O)c1cnn(C(C)(C)C)c1C(F)(F)F. The summed E-state index contributed by atoms with van der Waals surface area (Å²) in [7, 11) is 0. The van der Waals surface area contributed by atoms with Crippen LogP contribution in [0.1, 0.15) is 56.6 Å². The average Bonchev–Trinajstić information content (AvgIpc) is 2.80. The van der Waals surface area contributed by atoms with Gasteiger partial charge < -0.3 is 10.4 Å². The molecular weight excluding hydrogens is 315 g/mol. The summed E-state index contributed by atoms with van der Waals surface area (Å²) in [4.78, 5) is 22.6. The average molecular weight is 335 g/mol. The van der Waals surface area contributed by atoms with Crippen molar-refractivity contribution in [2.75, 3.05) is 0 Å². The van der Waals surface area contributed by atoms with E-state index in [1.807, 2.05) is 0 Å². The molecule has 23 heavy (non-hydrogen) atoms. The van der Waals surface area contributed by atoms with E-state index in [1.54, 1.807) is 20.8 Å². The summed E-state index contributed by atoms with van der Waals surface area (Å²) in [6.07, 6.45) is -3.92. The van der Waals surface area contributed by atoms with Crippen molar-refractivity contribution < 1.29 is 27.9 Å². The number of carboxylic acids is 1. The maximum Gasteiger partial charge on any atom is 0.433 e. The predicted octanol–water partition coefficient (Wildman–Crippen LogP) is 2.64. The van der Waals surface area contributed by atoms with Gasteiger partial charge >= 0.3 is 12.1 Å². The van der Waals surface area contributed by atoms with E-state index in [-0.39, 0.29) is 12.8 Å². The topological polar surface area (TPSA) is 84.2 Å². The number of amides is 1. The molecule has 2 N–H and O–H groups in total. The fraction of sp³-hybridized carbons (Fsp3) is 0.643. The third kappa shape index (κ3) is 4.97. The molecule has 0 saturated carbocycles. The molecule has 1 heterocycles. The zero-order chi connectivity index (χ0) is 18.0. The molecule has 0 aliphatic heterocycles. The molecule has 0 bridgehead atoms. The maximum absolute atomic E-state index is 13.3. The smallest absolute Gasteiger partial charge is 0.433 e. The number of aromatic nitrogens is 2. The molecule has 0 fully saturated rings.